The van der Waals surface area contributed by atoms with Crippen molar-refractivity contribution in [2.75, 3.05) is 6.61 Å². The summed E-state index contributed by atoms with van der Waals surface area (Å²) in [5.41, 5.74) is 1.82. The fraction of sp³-hybridized carbons (Fsp3) is 0.200. The molecule has 2 N–H and O–H groups in total. The summed E-state index contributed by atoms with van der Waals surface area (Å²) in [6.07, 6.45) is -0.339. The molecule has 0 aliphatic carbocycles. The summed E-state index contributed by atoms with van der Waals surface area (Å²) in [5, 5.41) is 18.7. The zero-order chi connectivity index (χ0) is 12.8. The van der Waals surface area contributed by atoms with E-state index in [9.17, 15) is 10.2 Å². The van der Waals surface area contributed by atoms with Gasteiger partial charge in [0.2, 0.25) is 0 Å². The Morgan fingerprint density at radius 3 is 2.44 bits per heavy atom. The van der Waals surface area contributed by atoms with Crippen LogP contribution in [0.4, 0.5) is 0 Å². The molecule has 94 valence electrons. The molecule has 0 aliphatic rings. The molecule has 0 saturated carbocycles. The van der Waals surface area contributed by atoms with E-state index in [-0.39, 0.29) is 18.5 Å². The molecule has 18 heavy (non-hydrogen) atoms. The number of ether oxygens (including phenoxy) is 1. The lowest BCUT2D eigenvalue weighted by Crippen LogP contribution is -2.08. The first-order valence-electron chi connectivity index (χ1n) is 5.85. The monoisotopic (exact) mass is 244 g/mol. The molecule has 1 unspecified atom stereocenters. The Kier molecular flexibility index (Phi) is 4.34. The van der Waals surface area contributed by atoms with Gasteiger partial charge in [-0.05, 0) is 23.3 Å². The van der Waals surface area contributed by atoms with Crippen molar-refractivity contribution in [3.8, 4) is 5.75 Å². The Bertz CT molecular complexity index is 482. The third-order valence-corrected chi connectivity index (χ3v) is 2.70. The van der Waals surface area contributed by atoms with E-state index >= 15 is 0 Å². The molecule has 0 saturated heterocycles. The summed E-state index contributed by atoms with van der Waals surface area (Å²) in [5.74, 6) is 0.219. The Labute approximate surface area is 106 Å². The van der Waals surface area contributed by atoms with Crippen molar-refractivity contribution >= 4 is 0 Å². The fourth-order valence-corrected chi connectivity index (χ4v) is 1.77. The molecule has 2 aromatic rings. The second-order valence-electron chi connectivity index (χ2n) is 4.06. The zero-order valence-electron chi connectivity index (χ0n) is 9.99. The Morgan fingerprint density at radius 1 is 1.00 bits per heavy atom. The fourth-order valence-electron chi connectivity index (χ4n) is 1.77. The van der Waals surface area contributed by atoms with E-state index in [1.165, 1.54) is 0 Å². The number of rotatable bonds is 5. The minimum Gasteiger partial charge on any atom is -0.508 e. The predicted octanol–water partition coefficient (Wildman–Crippen LogP) is 2.64. The highest BCUT2D eigenvalue weighted by Crippen LogP contribution is 2.19. The normalized spacial score (nSPS) is 12.3. The molecule has 3 heteroatoms. The molecule has 0 aromatic heterocycles. The van der Waals surface area contributed by atoms with Crippen LogP contribution in [0.25, 0.3) is 0 Å². The highest BCUT2D eigenvalue weighted by molar-refractivity contribution is 5.26. The molecule has 0 fully saturated rings. The molecule has 0 spiro atoms. The summed E-state index contributed by atoms with van der Waals surface area (Å²) in [6.45, 7) is 0.289. The SMILES string of the molecule is OCC(OCc1cccc(O)c1)c1ccccc1. The van der Waals surface area contributed by atoms with Crippen LogP contribution >= 0.6 is 0 Å². The minimum atomic E-state index is -0.339. The van der Waals surface area contributed by atoms with Crippen LogP contribution in [0, 0.1) is 0 Å². The van der Waals surface area contributed by atoms with E-state index in [0.29, 0.717) is 6.61 Å². The molecule has 0 heterocycles. The average Bonchev–Trinajstić information content (AvgIpc) is 2.41. The largest absolute Gasteiger partial charge is 0.508 e. The van der Waals surface area contributed by atoms with E-state index in [0.717, 1.165) is 11.1 Å². The van der Waals surface area contributed by atoms with Gasteiger partial charge in [0.05, 0.1) is 13.2 Å². The van der Waals surface area contributed by atoms with E-state index in [1.54, 1.807) is 18.2 Å². The third kappa shape index (κ3) is 3.32. The first-order chi connectivity index (χ1) is 8.79. The van der Waals surface area contributed by atoms with Gasteiger partial charge >= 0.3 is 0 Å². The highest BCUT2D eigenvalue weighted by Gasteiger charge is 2.10. The summed E-state index contributed by atoms with van der Waals surface area (Å²) >= 11 is 0. The number of hydrogen-bond donors (Lipinski definition) is 2. The lowest BCUT2D eigenvalue weighted by atomic mass is 10.1. The van der Waals surface area contributed by atoms with Gasteiger partial charge in [0.25, 0.3) is 0 Å². The number of benzene rings is 2. The van der Waals surface area contributed by atoms with E-state index < -0.39 is 0 Å². The summed E-state index contributed by atoms with van der Waals surface area (Å²) in [6, 6.07) is 16.5. The number of phenolic OH excluding ortho intramolecular Hbond substituents is 1. The van der Waals surface area contributed by atoms with Gasteiger partial charge in [0.1, 0.15) is 11.9 Å². The number of hydrogen-bond acceptors (Lipinski definition) is 3. The van der Waals surface area contributed by atoms with Gasteiger partial charge in [-0.3, -0.25) is 0 Å². The van der Waals surface area contributed by atoms with Crippen LogP contribution in [-0.2, 0) is 11.3 Å². The highest BCUT2D eigenvalue weighted by atomic mass is 16.5. The van der Waals surface area contributed by atoms with Crippen LogP contribution < -0.4 is 0 Å². The smallest absolute Gasteiger partial charge is 0.115 e. The minimum absolute atomic E-state index is 0.0666. The number of aliphatic hydroxyl groups is 1. The molecular formula is C15H16O3. The molecular weight excluding hydrogens is 228 g/mol. The van der Waals surface area contributed by atoms with Crippen molar-refractivity contribution in [2.45, 2.75) is 12.7 Å². The standard InChI is InChI=1S/C15H16O3/c16-10-15(13-6-2-1-3-7-13)18-11-12-5-4-8-14(17)9-12/h1-9,15-17H,10-11H2. The van der Waals surface area contributed by atoms with Gasteiger partial charge < -0.3 is 14.9 Å². The van der Waals surface area contributed by atoms with Crippen LogP contribution in [-0.4, -0.2) is 16.8 Å². The maximum Gasteiger partial charge on any atom is 0.115 e. The van der Waals surface area contributed by atoms with E-state index in [2.05, 4.69) is 0 Å². The van der Waals surface area contributed by atoms with Crippen molar-refractivity contribution in [1.29, 1.82) is 0 Å². The summed E-state index contributed by atoms with van der Waals surface area (Å²) in [4.78, 5) is 0. The first-order valence-corrected chi connectivity index (χ1v) is 5.85. The van der Waals surface area contributed by atoms with Crippen LogP contribution in [0.2, 0.25) is 0 Å². The van der Waals surface area contributed by atoms with Crippen molar-refractivity contribution in [3.63, 3.8) is 0 Å². The molecule has 1 atom stereocenters. The Balaban J connectivity index is 2.00. The zero-order valence-corrected chi connectivity index (χ0v) is 9.99. The van der Waals surface area contributed by atoms with Crippen molar-refractivity contribution in [3.05, 3.63) is 65.7 Å². The van der Waals surface area contributed by atoms with E-state index in [1.807, 2.05) is 36.4 Å². The Morgan fingerprint density at radius 2 is 1.78 bits per heavy atom. The van der Waals surface area contributed by atoms with Crippen molar-refractivity contribution in [1.82, 2.24) is 0 Å². The maximum absolute atomic E-state index is 9.35. The molecule has 2 rings (SSSR count). The van der Waals surface area contributed by atoms with Crippen LogP contribution in [0.3, 0.4) is 0 Å². The Hall–Kier alpha value is -1.84. The second kappa shape index (κ2) is 6.19. The maximum atomic E-state index is 9.35. The predicted molar refractivity (Wildman–Crippen MR) is 69.2 cm³/mol. The summed E-state index contributed by atoms with van der Waals surface area (Å²) < 4.78 is 5.66. The molecule has 2 aromatic carbocycles. The van der Waals surface area contributed by atoms with Gasteiger partial charge in [0, 0.05) is 0 Å². The number of aromatic hydroxyl groups is 1. The van der Waals surface area contributed by atoms with Gasteiger partial charge in [0.15, 0.2) is 0 Å². The molecule has 0 aliphatic heterocycles. The lowest BCUT2D eigenvalue weighted by molar-refractivity contribution is 0.00105. The average molecular weight is 244 g/mol. The first kappa shape index (κ1) is 12.6. The topological polar surface area (TPSA) is 49.7 Å². The molecule has 0 bridgehead atoms. The van der Waals surface area contributed by atoms with Crippen LogP contribution in [0.15, 0.2) is 54.6 Å². The van der Waals surface area contributed by atoms with Crippen LogP contribution in [0.5, 0.6) is 5.75 Å². The van der Waals surface area contributed by atoms with Gasteiger partial charge in [-0.25, -0.2) is 0 Å². The van der Waals surface area contributed by atoms with Crippen LogP contribution in [0.1, 0.15) is 17.2 Å². The third-order valence-electron chi connectivity index (χ3n) is 2.70. The molecule has 0 radical (unpaired) electrons. The molecule has 3 nitrogen and oxygen atoms in total. The number of phenols is 1. The van der Waals surface area contributed by atoms with Crippen molar-refractivity contribution < 1.29 is 14.9 Å². The quantitative estimate of drug-likeness (QED) is 0.850. The second-order valence-corrected chi connectivity index (χ2v) is 4.06. The molecule has 0 amide bonds. The number of aliphatic hydroxyl groups excluding tert-OH is 1. The van der Waals surface area contributed by atoms with E-state index in [4.69, 9.17) is 4.74 Å². The van der Waals surface area contributed by atoms with Gasteiger partial charge in [-0.2, -0.15) is 0 Å². The van der Waals surface area contributed by atoms with Crippen molar-refractivity contribution in [2.24, 2.45) is 0 Å². The lowest BCUT2D eigenvalue weighted by Gasteiger charge is -2.15. The summed E-state index contributed by atoms with van der Waals surface area (Å²) in [7, 11) is 0. The van der Waals surface area contributed by atoms with Gasteiger partial charge in [-0.1, -0.05) is 42.5 Å². The van der Waals surface area contributed by atoms with Gasteiger partial charge in [-0.15, -0.1) is 0 Å².